The van der Waals surface area contributed by atoms with Gasteiger partial charge >= 0.3 is 5.97 Å². The van der Waals surface area contributed by atoms with Crippen molar-refractivity contribution >= 4 is 21.9 Å². The highest BCUT2D eigenvalue weighted by atomic mass is 32.2. The van der Waals surface area contributed by atoms with Crippen LogP contribution in [0, 0.1) is 6.92 Å². The van der Waals surface area contributed by atoms with Gasteiger partial charge in [0, 0.05) is 12.6 Å². The highest BCUT2D eigenvalue weighted by molar-refractivity contribution is 7.89. The van der Waals surface area contributed by atoms with Gasteiger partial charge in [-0.1, -0.05) is 30.3 Å². The van der Waals surface area contributed by atoms with E-state index in [1.807, 2.05) is 30.3 Å². The van der Waals surface area contributed by atoms with Crippen LogP contribution in [0.3, 0.4) is 0 Å². The van der Waals surface area contributed by atoms with E-state index in [-0.39, 0.29) is 23.0 Å². The van der Waals surface area contributed by atoms with Crippen LogP contribution in [0.25, 0.3) is 0 Å². The predicted octanol–water partition coefficient (Wildman–Crippen LogP) is 1.27. The average Bonchev–Trinajstić information content (AvgIpc) is 3.01. The van der Waals surface area contributed by atoms with Crippen molar-refractivity contribution in [2.45, 2.75) is 18.4 Å². The van der Waals surface area contributed by atoms with Crippen LogP contribution in [0.2, 0.25) is 0 Å². The molecule has 2 aromatic rings. The standard InChI is InChI=1S/C17H20N2O6S/c1-12-14(10-16(25-12)26(23,24)18-2)17(22)19(11-15(20)21)9-8-13-6-4-3-5-7-13/h3-7,10,18H,8-9,11H2,1-2H3,(H,20,21). The van der Waals surface area contributed by atoms with Crippen molar-refractivity contribution in [3.8, 4) is 0 Å². The number of amides is 1. The summed E-state index contributed by atoms with van der Waals surface area (Å²) < 4.78 is 30.9. The van der Waals surface area contributed by atoms with E-state index in [4.69, 9.17) is 9.52 Å². The fraction of sp³-hybridized carbons (Fsp3) is 0.294. The Morgan fingerprint density at radius 3 is 2.46 bits per heavy atom. The van der Waals surface area contributed by atoms with Crippen molar-refractivity contribution < 1.29 is 27.5 Å². The van der Waals surface area contributed by atoms with Crippen molar-refractivity contribution in [3.63, 3.8) is 0 Å². The monoisotopic (exact) mass is 380 g/mol. The molecule has 0 fully saturated rings. The molecule has 140 valence electrons. The number of carboxylic acids is 1. The Morgan fingerprint density at radius 2 is 1.88 bits per heavy atom. The van der Waals surface area contributed by atoms with Gasteiger partial charge in [-0.2, -0.15) is 0 Å². The van der Waals surface area contributed by atoms with Crippen LogP contribution in [-0.4, -0.2) is 50.4 Å². The van der Waals surface area contributed by atoms with Gasteiger partial charge in [-0.25, -0.2) is 13.1 Å². The first kappa shape index (κ1) is 19.7. The van der Waals surface area contributed by atoms with Crippen LogP contribution >= 0.6 is 0 Å². The summed E-state index contributed by atoms with van der Waals surface area (Å²) in [6.45, 7) is 1.14. The zero-order valence-electron chi connectivity index (χ0n) is 14.4. The van der Waals surface area contributed by atoms with E-state index in [0.717, 1.165) is 16.5 Å². The van der Waals surface area contributed by atoms with Gasteiger partial charge in [0.2, 0.25) is 5.09 Å². The smallest absolute Gasteiger partial charge is 0.323 e. The number of nitrogens with one attached hydrogen (secondary N) is 1. The van der Waals surface area contributed by atoms with Crippen LogP contribution in [0.1, 0.15) is 21.7 Å². The molecule has 2 rings (SSSR count). The number of nitrogens with zero attached hydrogens (tertiary/aromatic N) is 1. The maximum absolute atomic E-state index is 12.7. The summed E-state index contributed by atoms with van der Waals surface area (Å²) in [5, 5.41) is 8.71. The van der Waals surface area contributed by atoms with Gasteiger partial charge in [-0.15, -0.1) is 0 Å². The lowest BCUT2D eigenvalue weighted by atomic mass is 10.1. The summed E-state index contributed by atoms with van der Waals surface area (Å²) >= 11 is 0. The third-order valence-corrected chi connectivity index (χ3v) is 5.05. The zero-order chi connectivity index (χ0) is 19.3. The molecule has 0 aliphatic heterocycles. The Hall–Kier alpha value is -2.65. The SMILES string of the molecule is CNS(=O)(=O)c1cc(C(=O)N(CCc2ccccc2)CC(=O)O)c(C)o1. The number of aryl methyl sites for hydroxylation is 1. The molecule has 26 heavy (non-hydrogen) atoms. The van der Waals surface area contributed by atoms with E-state index >= 15 is 0 Å². The Bertz CT molecular complexity index is 889. The number of carbonyl (C=O) groups excluding carboxylic acids is 1. The molecule has 1 aromatic heterocycles. The minimum absolute atomic E-state index is 0.0214. The molecule has 0 saturated carbocycles. The van der Waals surface area contributed by atoms with Crippen molar-refractivity contribution in [1.29, 1.82) is 0 Å². The van der Waals surface area contributed by atoms with E-state index in [1.165, 1.54) is 14.0 Å². The number of hydrogen-bond donors (Lipinski definition) is 2. The van der Waals surface area contributed by atoms with E-state index < -0.39 is 28.4 Å². The third-order valence-electron chi connectivity index (χ3n) is 3.79. The van der Waals surface area contributed by atoms with E-state index in [0.29, 0.717) is 6.42 Å². The number of aliphatic carboxylic acids is 1. The zero-order valence-corrected chi connectivity index (χ0v) is 15.2. The molecule has 0 radical (unpaired) electrons. The third kappa shape index (κ3) is 4.70. The Morgan fingerprint density at radius 1 is 1.23 bits per heavy atom. The Kier molecular flexibility index (Phi) is 6.17. The topological polar surface area (TPSA) is 117 Å². The first-order valence-corrected chi connectivity index (χ1v) is 9.32. The number of rotatable bonds is 8. The van der Waals surface area contributed by atoms with Crippen molar-refractivity contribution in [1.82, 2.24) is 9.62 Å². The number of hydrogen-bond acceptors (Lipinski definition) is 5. The van der Waals surface area contributed by atoms with E-state index in [9.17, 15) is 18.0 Å². The lowest BCUT2D eigenvalue weighted by Crippen LogP contribution is -2.37. The van der Waals surface area contributed by atoms with Crippen LogP contribution in [0.5, 0.6) is 0 Å². The van der Waals surface area contributed by atoms with Crippen LogP contribution in [-0.2, 0) is 21.2 Å². The number of sulfonamides is 1. The summed E-state index contributed by atoms with van der Waals surface area (Å²) in [6, 6.07) is 10.4. The first-order valence-electron chi connectivity index (χ1n) is 7.83. The maximum Gasteiger partial charge on any atom is 0.323 e. The average molecular weight is 380 g/mol. The van der Waals surface area contributed by atoms with Gasteiger partial charge in [-0.3, -0.25) is 9.59 Å². The van der Waals surface area contributed by atoms with E-state index in [2.05, 4.69) is 4.72 Å². The molecule has 1 amide bonds. The number of benzene rings is 1. The second kappa shape index (κ2) is 8.15. The van der Waals surface area contributed by atoms with Crippen molar-refractivity contribution in [3.05, 3.63) is 53.3 Å². The molecular formula is C17H20N2O6S. The summed E-state index contributed by atoms with van der Waals surface area (Å²) in [5.41, 5.74) is 0.978. The minimum Gasteiger partial charge on any atom is -0.480 e. The van der Waals surface area contributed by atoms with E-state index in [1.54, 1.807) is 0 Å². The molecule has 2 N–H and O–H groups in total. The lowest BCUT2D eigenvalue weighted by Gasteiger charge is -2.20. The summed E-state index contributed by atoms with van der Waals surface area (Å²) in [7, 11) is -2.61. The number of furan rings is 1. The Balaban J connectivity index is 2.25. The molecule has 1 aromatic carbocycles. The number of carboxylic acid groups (broad SMARTS) is 1. The van der Waals surface area contributed by atoms with Gasteiger partial charge in [0.25, 0.3) is 15.9 Å². The van der Waals surface area contributed by atoms with Crippen LogP contribution < -0.4 is 4.72 Å². The quantitative estimate of drug-likeness (QED) is 0.712. The molecule has 0 atom stereocenters. The first-order chi connectivity index (χ1) is 12.2. The fourth-order valence-electron chi connectivity index (χ4n) is 2.39. The summed E-state index contributed by atoms with van der Waals surface area (Å²) in [6.07, 6.45) is 0.471. The molecule has 1 heterocycles. The molecule has 8 nitrogen and oxygen atoms in total. The second-order valence-corrected chi connectivity index (χ2v) is 7.42. The van der Waals surface area contributed by atoms with Gasteiger partial charge in [0.15, 0.2) is 0 Å². The maximum atomic E-state index is 12.7. The van der Waals surface area contributed by atoms with Crippen molar-refractivity contribution in [2.75, 3.05) is 20.1 Å². The molecule has 0 unspecified atom stereocenters. The highest BCUT2D eigenvalue weighted by Gasteiger charge is 2.26. The molecule has 0 aliphatic rings. The molecule has 0 saturated heterocycles. The minimum atomic E-state index is -3.84. The summed E-state index contributed by atoms with van der Waals surface area (Å²) in [4.78, 5) is 25.0. The number of carbonyl (C=O) groups is 2. The fourth-order valence-corrected chi connectivity index (χ4v) is 3.10. The molecular weight excluding hydrogens is 360 g/mol. The van der Waals surface area contributed by atoms with Gasteiger partial charge < -0.3 is 14.4 Å². The van der Waals surface area contributed by atoms with Gasteiger partial charge in [0.05, 0.1) is 5.56 Å². The lowest BCUT2D eigenvalue weighted by molar-refractivity contribution is -0.137. The van der Waals surface area contributed by atoms with Crippen LogP contribution in [0.15, 0.2) is 45.9 Å². The van der Waals surface area contributed by atoms with Crippen LogP contribution in [0.4, 0.5) is 0 Å². The molecule has 0 aliphatic carbocycles. The molecule has 0 spiro atoms. The normalized spacial score (nSPS) is 11.3. The largest absolute Gasteiger partial charge is 0.480 e. The molecule has 9 heteroatoms. The molecule has 0 bridgehead atoms. The highest BCUT2D eigenvalue weighted by Crippen LogP contribution is 2.20. The summed E-state index contributed by atoms with van der Waals surface area (Å²) in [5.74, 6) is -1.64. The van der Waals surface area contributed by atoms with Gasteiger partial charge in [-0.05, 0) is 26.0 Å². The van der Waals surface area contributed by atoms with Gasteiger partial charge in [0.1, 0.15) is 12.3 Å². The second-order valence-electron chi connectivity index (χ2n) is 5.60. The predicted molar refractivity (Wildman–Crippen MR) is 93.4 cm³/mol. The van der Waals surface area contributed by atoms with Crippen molar-refractivity contribution in [2.24, 2.45) is 0 Å². The Labute approximate surface area is 151 Å².